The second-order valence-corrected chi connectivity index (χ2v) is 4.89. The minimum atomic E-state index is 0.327. The zero-order chi connectivity index (χ0) is 10.8. The topological polar surface area (TPSA) is 23.6 Å². The van der Waals surface area contributed by atoms with Crippen LogP contribution in [0.15, 0.2) is 0 Å². The van der Waals surface area contributed by atoms with Crippen LogP contribution in [0.2, 0.25) is 0 Å². The van der Waals surface area contributed by atoms with Crippen LogP contribution < -0.4 is 0 Å². The van der Waals surface area contributed by atoms with E-state index in [1.165, 1.54) is 25.8 Å². The van der Waals surface area contributed by atoms with E-state index in [1.807, 2.05) is 6.92 Å². The SMILES string of the molecule is CCC(=O)N1CC2CCCCN2CC1C. The molecule has 3 heteroatoms. The molecule has 2 heterocycles. The summed E-state index contributed by atoms with van der Waals surface area (Å²) in [4.78, 5) is 16.4. The number of carbonyl (C=O) groups is 1. The molecule has 0 spiro atoms. The number of fused-ring (bicyclic) bond motifs is 1. The van der Waals surface area contributed by atoms with Gasteiger partial charge in [0, 0.05) is 31.6 Å². The standard InChI is InChI=1S/C12H22N2O/c1-3-12(15)14-9-11-6-4-5-7-13(11)8-10(14)2/h10-11H,3-9H2,1-2H3. The molecule has 0 aliphatic carbocycles. The molecule has 2 aliphatic rings. The first-order valence-electron chi connectivity index (χ1n) is 6.26. The van der Waals surface area contributed by atoms with Crippen molar-refractivity contribution in [2.45, 2.75) is 51.6 Å². The molecule has 0 saturated carbocycles. The van der Waals surface area contributed by atoms with Gasteiger partial charge in [-0.3, -0.25) is 9.69 Å². The number of nitrogens with zero attached hydrogens (tertiary/aromatic N) is 2. The molecule has 2 saturated heterocycles. The van der Waals surface area contributed by atoms with Gasteiger partial charge in [-0.2, -0.15) is 0 Å². The minimum absolute atomic E-state index is 0.327. The normalized spacial score (nSPS) is 32.5. The van der Waals surface area contributed by atoms with Crippen molar-refractivity contribution in [2.24, 2.45) is 0 Å². The first-order chi connectivity index (χ1) is 7.22. The van der Waals surface area contributed by atoms with E-state index in [4.69, 9.17) is 0 Å². The Bertz CT molecular complexity index is 242. The van der Waals surface area contributed by atoms with Gasteiger partial charge in [-0.15, -0.1) is 0 Å². The third-order valence-corrected chi connectivity index (χ3v) is 3.81. The van der Waals surface area contributed by atoms with Gasteiger partial charge in [0.2, 0.25) is 5.91 Å². The van der Waals surface area contributed by atoms with E-state index in [-0.39, 0.29) is 0 Å². The van der Waals surface area contributed by atoms with Crippen LogP contribution in [0, 0.1) is 0 Å². The Labute approximate surface area is 92.4 Å². The number of piperidine rings is 1. The molecule has 2 aliphatic heterocycles. The average molecular weight is 210 g/mol. The Hall–Kier alpha value is -0.570. The molecule has 1 amide bonds. The summed E-state index contributed by atoms with van der Waals surface area (Å²) in [6, 6.07) is 1.05. The van der Waals surface area contributed by atoms with Crippen LogP contribution in [-0.2, 0) is 4.79 Å². The number of hydrogen-bond donors (Lipinski definition) is 0. The summed E-state index contributed by atoms with van der Waals surface area (Å²) in [5.74, 6) is 0.327. The molecular weight excluding hydrogens is 188 g/mol. The molecule has 2 fully saturated rings. The Morgan fingerprint density at radius 1 is 1.33 bits per heavy atom. The highest BCUT2D eigenvalue weighted by atomic mass is 16.2. The molecule has 2 atom stereocenters. The fraction of sp³-hybridized carbons (Fsp3) is 0.917. The lowest BCUT2D eigenvalue weighted by molar-refractivity contribution is -0.137. The molecule has 0 radical (unpaired) electrons. The molecule has 3 nitrogen and oxygen atoms in total. The van der Waals surface area contributed by atoms with Crippen molar-refractivity contribution < 1.29 is 4.79 Å². The molecule has 2 rings (SSSR count). The van der Waals surface area contributed by atoms with Gasteiger partial charge in [0.05, 0.1) is 0 Å². The van der Waals surface area contributed by atoms with Crippen molar-refractivity contribution in [1.82, 2.24) is 9.80 Å². The Morgan fingerprint density at radius 3 is 2.87 bits per heavy atom. The maximum absolute atomic E-state index is 11.8. The van der Waals surface area contributed by atoms with Crippen molar-refractivity contribution >= 4 is 5.91 Å². The quantitative estimate of drug-likeness (QED) is 0.654. The van der Waals surface area contributed by atoms with Crippen molar-refractivity contribution in [1.29, 1.82) is 0 Å². The predicted octanol–water partition coefficient (Wildman–Crippen LogP) is 1.48. The molecule has 15 heavy (non-hydrogen) atoms. The maximum atomic E-state index is 11.8. The summed E-state index contributed by atoms with van der Waals surface area (Å²) >= 11 is 0. The molecular formula is C12H22N2O. The van der Waals surface area contributed by atoms with E-state index in [0.29, 0.717) is 24.4 Å². The second-order valence-electron chi connectivity index (χ2n) is 4.89. The lowest BCUT2D eigenvalue weighted by Crippen LogP contribution is -2.59. The van der Waals surface area contributed by atoms with Gasteiger partial charge in [-0.1, -0.05) is 13.3 Å². The summed E-state index contributed by atoms with van der Waals surface area (Å²) in [5.41, 5.74) is 0. The summed E-state index contributed by atoms with van der Waals surface area (Å²) in [6.45, 7) is 7.42. The van der Waals surface area contributed by atoms with Gasteiger partial charge in [0.1, 0.15) is 0 Å². The van der Waals surface area contributed by atoms with Crippen LogP contribution in [0.25, 0.3) is 0 Å². The third kappa shape index (κ3) is 2.17. The zero-order valence-corrected chi connectivity index (χ0v) is 9.91. The van der Waals surface area contributed by atoms with Gasteiger partial charge >= 0.3 is 0 Å². The van der Waals surface area contributed by atoms with Crippen LogP contribution in [0.3, 0.4) is 0 Å². The average Bonchev–Trinajstić information content (AvgIpc) is 2.27. The molecule has 0 aromatic rings. The smallest absolute Gasteiger partial charge is 0.222 e. The molecule has 0 bridgehead atoms. The monoisotopic (exact) mass is 210 g/mol. The molecule has 0 aromatic carbocycles. The Kier molecular flexibility index (Phi) is 3.29. The van der Waals surface area contributed by atoms with E-state index in [1.54, 1.807) is 0 Å². The van der Waals surface area contributed by atoms with E-state index >= 15 is 0 Å². The highest BCUT2D eigenvalue weighted by molar-refractivity contribution is 5.76. The van der Waals surface area contributed by atoms with Crippen LogP contribution in [0.5, 0.6) is 0 Å². The van der Waals surface area contributed by atoms with Gasteiger partial charge in [-0.25, -0.2) is 0 Å². The van der Waals surface area contributed by atoms with E-state index < -0.39 is 0 Å². The molecule has 2 unspecified atom stereocenters. The first kappa shape index (κ1) is 10.9. The summed E-state index contributed by atoms with van der Waals surface area (Å²) < 4.78 is 0. The van der Waals surface area contributed by atoms with Crippen molar-refractivity contribution in [3.05, 3.63) is 0 Å². The zero-order valence-electron chi connectivity index (χ0n) is 9.91. The molecule has 0 N–H and O–H groups in total. The highest BCUT2D eigenvalue weighted by Gasteiger charge is 2.34. The van der Waals surface area contributed by atoms with Crippen molar-refractivity contribution in [2.75, 3.05) is 19.6 Å². The lowest BCUT2D eigenvalue weighted by atomic mass is 9.97. The maximum Gasteiger partial charge on any atom is 0.222 e. The van der Waals surface area contributed by atoms with Gasteiger partial charge in [-0.05, 0) is 26.3 Å². The Balaban J connectivity index is 2.01. The number of rotatable bonds is 1. The van der Waals surface area contributed by atoms with Crippen molar-refractivity contribution in [3.8, 4) is 0 Å². The second kappa shape index (κ2) is 4.52. The predicted molar refractivity (Wildman–Crippen MR) is 60.7 cm³/mol. The van der Waals surface area contributed by atoms with Crippen LogP contribution in [0.1, 0.15) is 39.5 Å². The van der Waals surface area contributed by atoms with Crippen LogP contribution in [0.4, 0.5) is 0 Å². The lowest BCUT2D eigenvalue weighted by Gasteiger charge is -2.47. The first-order valence-corrected chi connectivity index (χ1v) is 6.26. The van der Waals surface area contributed by atoms with E-state index in [2.05, 4.69) is 16.7 Å². The van der Waals surface area contributed by atoms with Crippen LogP contribution in [-0.4, -0.2) is 47.4 Å². The summed E-state index contributed by atoms with van der Waals surface area (Å²) in [6.07, 6.45) is 4.60. The number of hydrogen-bond acceptors (Lipinski definition) is 2. The largest absolute Gasteiger partial charge is 0.337 e. The number of carbonyl (C=O) groups excluding carboxylic acids is 1. The fourth-order valence-electron chi connectivity index (χ4n) is 2.90. The van der Waals surface area contributed by atoms with Gasteiger partial charge < -0.3 is 4.90 Å². The van der Waals surface area contributed by atoms with Crippen molar-refractivity contribution in [3.63, 3.8) is 0 Å². The number of amides is 1. The minimum Gasteiger partial charge on any atom is -0.337 e. The van der Waals surface area contributed by atoms with E-state index in [0.717, 1.165) is 13.1 Å². The summed E-state index contributed by atoms with van der Waals surface area (Å²) in [7, 11) is 0. The summed E-state index contributed by atoms with van der Waals surface area (Å²) in [5, 5.41) is 0. The molecule has 0 aromatic heterocycles. The van der Waals surface area contributed by atoms with Crippen LogP contribution >= 0.6 is 0 Å². The third-order valence-electron chi connectivity index (χ3n) is 3.81. The van der Waals surface area contributed by atoms with Gasteiger partial charge in [0.15, 0.2) is 0 Å². The fourth-order valence-corrected chi connectivity index (χ4v) is 2.90. The highest BCUT2D eigenvalue weighted by Crippen LogP contribution is 2.24. The Morgan fingerprint density at radius 2 is 2.13 bits per heavy atom. The number of piperazine rings is 1. The molecule has 86 valence electrons. The van der Waals surface area contributed by atoms with E-state index in [9.17, 15) is 4.79 Å². The van der Waals surface area contributed by atoms with Gasteiger partial charge in [0.25, 0.3) is 0 Å².